The molecule has 21 heavy (non-hydrogen) atoms. The zero-order valence-corrected chi connectivity index (χ0v) is 12.7. The minimum absolute atomic E-state index is 0.361. The van der Waals surface area contributed by atoms with Crippen LogP contribution in [0.4, 0.5) is 11.8 Å². The van der Waals surface area contributed by atoms with Crippen molar-refractivity contribution in [1.29, 1.82) is 0 Å². The SMILES string of the molecule is CNc1nc(N(C)[C@H]2CC[C@@H](N)CC2)nc2ccccc12. The first kappa shape index (κ1) is 14.1. The zero-order chi connectivity index (χ0) is 14.8. The van der Waals surface area contributed by atoms with Gasteiger partial charge in [0.25, 0.3) is 0 Å². The van der Waals surface area contributed by atoms with Gasteiger partial charge in [-0.05, 0) is 37.8 Å². The van der Waals surface area contributed by atoms with Gasteiger partial charge in [-0.1, -0.05) is 12.1 Å². The summed E-state index contributed by atoms with van der Waals surface area (Å²) in [6.07, 6.45) is 4.40. The number of benzene rings is 1. The molecule has 1 fully saturated rings. The van der Waals surface area contributed by atoms with Crippen LogP contribution in [-0.4, -0.2) is 36.1 Å². The number of nitrogens with two attached hydrogens (primary N) is 1. The molecular weight excluding hydrogens is 262 g/mol. The molecule has 1 saturated carbocycles. The maximum absolute atomic E-state index is 6.00. The third-order valence-corrected chi connectivity index (χ3v) is 4.43. The second-order valence-corrected chi connectivity index (χ2v) is 5.82. The molecule has 3 rings (SSSR count). The Morgan fingerprint density at radius 3 is 2.57 bits per heavy atom. The highest BCUT2D eigenvalue weighted by Gasteiger charge is 2.24. The number of hydrogen-bond donors (Lipinski definition) is 2. The van der Waals surface area contributed by atoms with Crippen molar-refractivity contribution in [1.82, 2.24) is 9.97 Å². The maximum Gasteiger partial charge on any atom is 0.227 e. The fraction of sp³-hybridized carbons (Fsp3) is 0.500. The average molecular weight is 285 g/mol. The number of hydrogen-bond acceptors (Lipinski definition) is 5. The van der Waals surface area contributed by atoms with E-state index in [9.17, 15) is 0 Å². The van der Waals surface area contributed by atoms with E-state index in [4.69, 9.17) is 10.7 Å². The van der Waals surface area contributed by atoms with E-state index in [1.807, 2.05) is 31.3 Å². The summed E-state index contributed by atoms with van der Waals surface area (Å²) in [6.45, 7) is 0. The van der Waals surface area contributed by atoms with E-state index in [0.29, 0.717) is 12.1 Å². The Labute approximate surface area is 125 Å². The molecule has 0 radical (unpaired) electrons. The van der Waals surface area contributed by atoms with Crippen LogP contribution in [0, 0.1) is 0 Å². The molecule has 0 atom stereocenters. The predicted octanol–water partition coefficient (Wildman–Crippen LogP) is 2.38. The summed E-state index contributed by atoms with van der Waals surface area (Å²) in [7, 11) is 3.99. The molecule has 0 unspecified atom stereocenters. The van der Waals surface area contributed by atoms with Gasteiger partial charge >= 0.3 is 0 Å². The monoisotopic (exact) mass is 285 g/mol. The molecule has 2 aromatic rings. The molecule has 112 valence electrons. The summed E-state index contributed by atoms with van der Waals surface area (Å²) < 4.78 is 0. The van der Waals surface area contributed by atoms with Crippen molar-refractivity contribution in [2.24, 2.45) is 5.73 Å². The Hall–Kier alpha value is -1.88. The smallest absolute Gasteiger partial charge is 0.227 e. The van der Waals surface area contributed by atoms with Gasteiger partial charge in [-0.15, -0.1) is 0 Å². The molecule has 0 aliphatic heterocycles. The lowest BCUT2D eigenvalue weighted by Crippen LogP contribution is -2.39. The predicted molar refractivity (Wildman–Crippen MR) is 87.7 cm³/mol. The molecule has 0 amide bonds. The standard InChI is InChI=1S/C16H23N5/c1-18-15-13-5-3-4-6-14(13)19-16(20-15)21(2)12-9-7-11(17)8-10-12/h3-6,11-12H,7-10,17H2,1-2H3,(H,18,19,20)/t11-,12+. The lowest BCUT2D eigenvalue weighted by molar-refractivity contribution is 0.382. The van der Waals surface area contributed by atoms with Crippen molar-refractivity contribution in [3.8, 4) is 0 Å². The summed E-state index contributed by atoms with van der Waals surface area (Å²) in [5, 5.41) is 4.24. The van der Waals surface area contributed by atoms with Crippen LogP contribution < -0.4 is 16.0 Å². The highest BCUT2D eigenvalue weighted by Crippen LogP contribution is 2.27. The van der Waals surface area contributed by atoms with Crippen LogP contribution in [0.5, 0.6) is 0 Å². The average Bonchev–Trinajstić information content (AvgIpc) is 2.53. The van der Waals surface area contributed by atoms with Crippen molar-refractivity contribution in [2.45, 2.75) is 37.8 Å². The normalized spacial score (nSPS) is 22.2. The van der Waals surface area contributed by atoms with E-state index in [2.05, 4.69) is 22.2 Å². The fourth-order valence-corrected chi connectivity index (χ4v) is 3.06. The van der Waals surface area contributed by atoms with Crippen LogP contribution in [0.15, 0.2) is 24.3 Å². The van der Waals surface area contributed by atoms with Crippen molar-refractivity contribution in [3.63, 3.8) is 0 Å². The third-order valence-electron chi connectivity index (χ3n) is 4.43. The van der Waals surface area contributed by atoms with Gasteiger partial charge in [0.1, 0.15) is 5.82 Å². The number of aromatic nitrogens is 2. The molecule has 1 aliphatic rings. The van der Waals surface area contributed by atoms with Crippen molar-refractivity contribution >= 4 is 22.7 Å². The molecule has 1 aliphatic carbocycles. The quantitative estimate of drug-likeness (QED) is 0.906. The van der Waals surface area contributed by atoms with Crippen LogP contribution in [0.2, 0.25) is 0 Å². The minimum atomic E-state index is 0.361. The van der Waals surface area contributed by atoms with Crippen LogP contribution in [0.3, 0.4) is 0 Å². The Balaban J connectivity index is 1.92. The molecule has 0 bridgehead atoms. The Kier molecular flexibility index (Phi) is 3.92. The molecule has 5 nitrogen and oxygen atoms in total. The highest BCUT2D eigenvalue weighted by atomic mass is 15.3. The number of fused-ring (bicyclic) bond motifs is 1. The number of rotatable bonds is 3. The maximum atomic E-state index is 6.00. The third kappa shape index (κ3) is 2.78. The number of anilines is 2. The van der Waals surface area contributed by atoms with E-state index in [1.54, 1.807) is 0 Å². The van der Waals surface area contributed by atoms with Gasteiger partial charge in [0.15, 0.2) is 0 Å². The lowest BCUT2D eigenvalue weighted by atomic mass is 9.91. The first-order chi connectivity index (χ1) is 10.2. The summed E-state index contributed by atoms with van der Waals surface area (Å²) in [4.78, 5) is 11.6. The van der Waals surface area contributed by atoms with Gasteiger partial charge in [0.05, 0.1) is 5.52 Å². The molecule has 0 saturated heterocycles. The van der Waals surface area contributed by atoms with Crippen molar-refractivity contribution < 1.29 is 0 Å². The second-order valence-electron chi connectivity index (χ2n) is 5.82. The second kappa shape index (κ2) is 5.85. The minimum Gasteiger partial charge on any atom is -0.372 e. The zero-order valence-electron chi connectivity index (χ0n) is 12.7. The van der Waals surface area contributed by atoms with Crippen LogP contribution in [-0.2, 0) is 0 Å². The van der Waals surface area contributed by atoms with Crippen molar-refractivity contribution in [2.75, 3.05) is 24.3 Å². The van der Waals surface area contributed by atoms with Gasteiger partial charge in [-0.2, -0.15) is 4.98 Å². The Morgan fingerprint density at radius 2 is 1.86 bits per heavy atom. The van der Waals surface area contributed by atoms with Gasteiger partial charge in [0.2, 0.25) is 5.95 Å². The highest BCUT2D eigenvalue weighted by molar-refractivity contribution is 5.89. The van der Waals surface area contributed by atoms with E-state index < -0.39 is 0 Å². The molecular formula is C16H23N5. The summed E-state index contributed by atoms with van der Waals surface area (Å²) in [5.74, 6) is 1.67. The van der Waals surface area contributed by atoms with Crippen molar-refractivity contribution in [3.05, 3.63) is 24.3 Å². The van der Waals surface area contributed by atoms with Crippen LogP contribution in [0.1, 0.15) is 25.7 Å². The molecule has 1 aromatic heterocycles. The summed E-state index contributed by atoms with van der Waals surface area (Å²) >= 11 is 0. The van der Waals surface area contributed by atoms with E-state index in [-0.39, 0.29) is 0 Å². The molecule has 5 heteroatoms. The molecule has 1 heterocycles. The molecule has 1 aromatic carbocycles. The van der Waals surface area contributed by atoms with Gasteiger partial charge in [-0.3, -0.25) is 0 Å². The first-order valence-electron chi connectivity index (χ1n) is 7.62. The fourth-order valence-electron chi connectivity index (χ4n) is 3.06. The number of para-hydroxylation sites is 1. The van der Waals surface area contributed by atoms with Gasteiger partial charge in [0, 0.05) is 31.6 Å². The number of nitrogens with zero attached hydrogens (tertiary/aromatic N) is 3. The molecule has 0 spiro atoms. The van der Waals surface area contributed by atoms with Crippen LogP contribution in [0.25, 0.3) is 10.9 Å². The lowest BCUT2D eigenvalue weighted by Gasteiger charge is -2.33. The van der Waals surface area contributed by atoms with Gasteiger partial charge < -0.3 is 16.0 Å². The van der Waals surface area contributed by atoms with Gasteiger partial charge in [-0.25, -0.2) is 4.98 Å². The Bertz CT molecular complexity index is 619. The Morgan fingerprint density at radius 1 is 1.14 bits per heavy atom. The first-order valence-corrected chi connectivity index (χ1v) is 7.62. The molecule has 3 N–H and O–H groups in total. The summed E-state index contributed by atoms with van der Waals surface area (Å²) in [6, 6.07) is 8.95. The number of nitrogens with one attached hydrogen (secondary N) is 1. The van der Waals surface area contributed by atoms with E-state index >= 15 is 0 Å². The van der Waals surface area contributed by atoms with Crippen LogP contribution >= 0.6 is 0 Å². The van der Waals surface area contributed by atoms with E-state index in [1.165, 1.54) is 0 Å². The largest absolute Gasteiger partial charge is 0.372 e. The van der Waals surface area contributed by atoms with E-state index in [0.717, 1.165) is 48.4 Å². The topological polar surface area (TPSA) is 67.1 Å². The summed E-state index contributed by atoms with van der Waals surface area (Å²) in [5.41, 5.74) is 6.97.